The second-order valence-electron chi connectivity index (χ2n) is 3.69. The molecule has 96 valence electrons. The maximum atomic E-state index is 11.9. The molecule has 2 N–H and O–H groups in total. The lowest BCUT2D eigenvalue weighted by Gasteiger charge is -2.07. The number of halogens is 1. The highest BCUT2D eigenvalue weighted by molar-refractivity contribution is 6.33. The molecule has 0 spiro atoms. The number of hydrogen-bond donors (Lipinski definition) is 2. The van der Waals surface area contributed by atoms with Crippen molar-refractivity contribution in [3.05, 3.63) is 58.9 Å². The first kappa shape index (κ1) is 13.0. The molecule has 1 aromatic carbocycles. The number of carbonyl (C=O) groups is 2. The quantitative estimate of drug-likeness (QED) is 0.903. The van der Waals surface area contributed by atoms with Crippen LogP contribution in [0, 0.1) is 0 Å². The van der Waals surface area contributed by atoms with Crippen LogP contribution in [0.15, 0.2) is 42.7 Å². The van der Waals surface area contributed by atoms with Crippen LogP contribution in [0.1, 0.15) is 20.7 Å². The molecule has 0 atom stereocenters. The molecular weight excluding hydrogens is 268 g/mol. The Balaban J connectivity index is 2.23. The summed E-state index contributed by atoms with van der Waals surface area (Å²) in [5, 5.41) is 11.6. The van der Waals surface area contributed by atoms with Crippen molar-refractivity contribution in [3.8, 4) is 0 Å². The van der Waals surface area contributed by atoms with Crippen LogP contribution in [-0.4, -0.2) is 22.0 Å². The summed E-state index contributed by atoms with van der Waals surface area (Å²) in [7, 11) is 0. The SMILES string of the molecule is O=C(Nc1ccc(Cl)c(C(=O)O)c1)c1ccncc1. The number of hydrogen-bond acceptors (Lipinski definition) is 3. The summed E-state index contributed by atoms with van der Waals surface area (Å²) in [5.74, 6) is -1.49. The van der Waals surface area contributed by atoms with Crippen LogP contribution in [0.5, 0.6) is 0 Å². The van der Waals surface area contributed by atoms with Crippen molar-refractivity contribution in [2.75, 3.05) is 5.32 Å². The largest absolute Gasteiger partial charge is 0.478 e. The number of rotatable bonds is 3. The molecule has 6 heteroatoms. The van der Waals surface area contributed by atoms with Crippen LogP contribution in [0.3, 0.4) is 0 Å². The van der Waals surface area contributed by atoms with E-state index in [9.17, 15) is 9.59 Å². The lowest BCUT2D eigenvalue weighted by atomic mass is 10.2. The maximum Gasteiger partial charge on any atom is 0.337 e. The Labute approximate surface area is 113 Å². The zero-order chi connectivity index (χ0) is 13.8. The lowest BCUT2D eigenvalue weighted by molar-refractivity contribution is 0.0696. The maximum absolute atomic E-state index is 11.9. The zero-order valence-corrected chi connectivity index (χ0v) is 10.4. The fourth-order valence-electron chi connectivity index (χ4n) is 1.47. The first-order chi connectivity index (χ1) is 9.08. The summed E-state index contributed by atoms with van der Waals surface area (Å²) < 4.78 is 0. The molecule has 2 rings (SSSR count). The molecule has 0 bridgehead atoms. The Bertz CT molecular complexity index is 629. The van der Waals surface area contributed by atoms with Crippen LogP contribution in [0.2, 0.25) is 5.02 Å². The summed E-state index contributed by atoms with van der Waals surface area (Å²) in [4.78, 5) is 26.6. The molecule has 1 heterocycles. The molecule has 0 saturated heterocycles. The number of anilines is 1. The second-order valence-corrected chi connectivity index (χ2v) is 4.10. The van der Waals surface area contributed by atoms with Gasteiger partial charge >= 0.3 is 5.97 Å². The number of aromatic carboxylic acids is 1. The van der Waals surface area contributed by atoms with Gasteiger partial charge < -0.3 is 10.4 Å². The number of nitrogens with one attached hydrogen (secondary N) is 1. The van der Waals surface area contributed by atoms with E-state index in [0.29, 0.717) is 11.3 Å². The van der Waals surface area contributed by atoms with Gasteiger partial charge in [-0.3, -0.25) is 9.78 Å². The average molecular weight is 277 g/mol. The third-order valence-corrected chi connectivity index (χ3v) is 2.73. The van der Waals surface area contributed by atoms with Gasteiger partial charge in [0.1, 0.15) is 0 Å². The summed E-state index contributed by atoms with van der Waals surface area (Å²) >= 11 is 5.74. The smallest absolute Gasteiger partial charge is 0.337 e. The van der Waals surface area contributed by atoms with E-state index < -0.39 is 5.97 Å². The number of benzene rings is 1. The van der Waals surface area contributed by atoms with Gasteiger partial charge in [0.15, 0.2) is 0 Å². The molecule has 0 aliphatic carbocycles. The zero-order valence-electron chi connectivity index (χ0n) is 9.63. The standard InChI is InChI=1S/C13H9ClN2O3/c14-11-2-1-9(7-10(11)13(18)19)16-12(17)8-3-5-15-6-4-8/h1-7H,(H,16,17)(H,18,19). The number of aromatic nitrogens is 1. The fourth-order valence-corrected chi connectivity index (χ4v) is 1.67. The molecule has 19 heavy (non-hydrogen) atoms. The van der Waals surface area contributed by atoms with E-state index in [-0.39, 0.29) is 16.5 Å². The number of carboxylic acids is 1. The molecule has 0 radical (unpaired) electrons. The van der Waals surface area contributed by atoms with Crippen molar-refractivity contribution in [3.63, 3.8) is 0 Å². The van der Waals surface area contributed by atoms with Crippen molar-refractivity contribution in [1.29, 1.82) is 0 Å². The highest BCUT2D eigenvalue weighted by atomic mass is 35.5. The Kier molecular flexibility index (Phi) is 3.77. The predicted molar refractivity (Wildman–Crippen MR) is 70.6 cm³/mol. The van der Waals surface area contributed by atoms with Gasteiger partial charge in [0, 0.05) is 23.6 Å². The minimum Gasteiger partial charge on any atom is -0.478 e. The summed E-state index contributed by atoms with van der Waals surface area (Å²) in [6, 6.07) is 7.39. The summed E-state index contributed by atoms with van der Waals surface area (Å²) in [6.07, 6.45) is 3.00. The lowest BCUT2D eigenvalue weighted by Crippen LogP contribution is -2.12. The number of nitrogens with zero attached hydrogens (tertiary/aromatic N) is 1. The Morgan fingerprint density at radius 1 is 1.16 bits per heavy atom. The third-order valence-electron chi connectivity index (χ3n) is 2.40. The molecule has 0 saturated carbocycles. The minimum absolute atomic E-state index is 0.0609. The third kappa shape index (κ3) is 3.08. The molecule has 0 aliphatic rings. The van der Waals surface area contributed by atoms with Crippen molar-refractivity contribution >= 4 is 29.2 Å². The van der Waals surface area contributed by atoms with Gasteiger partial charge in [-0.05, 0) is 30.3 Å². The van der Waals surface area contributed by atoms with Gasteiger partial charge in [-0.1, -0.05) is 11.6 Å². The van der Waals surface area contributed by atoms with Gasteiger partial charge in [0.25, 0.3) is 5.91 Å². The number of amides is 1. The molecule has 1 amide bonds. The molecular formula is C13H9ClN2O3. The van der Waals surface area contributed by atoms with Gasteiger partial charge in [0.2, 0.25) is 0 Å². The normalized spacial score (nSPS) is 9.95. The molecule has 2 aromatic rings. The average Bonchev–Trinajstić information content (AvgIpc) is 2.41. The number of carboxylic acid groups (broad SMARTS) is 1. The van der Waals surface area contributed by atoms with Gasteiger partial charge in [-0.2, -0.15) is 0 Å². The number of pyridine rings is 1. The Hall–Kier alpha value is -2.40. The monoisotopic (exact) mass is 276 g/mol. The van der Waals surface area contributed by atoms with E-state index in [0.717, 1.165) is 0 Å². The van der Waals surface area contributed by atoms with Crippen LogP contribution >= 0.6 is 11.6 Å². The fraction of sp³-hybridized carbons (Fsp3) is 0. The highest BCUT2D eigenvalue weighted by Crippen LogP contribution is 2.21. The van der Waals surface area contributed by atoms with Crippen LogP contribution in [-0.2, 0) is 0 Å². The van der Waals surface area contributed by atoms with Gasteiger partial charge in [-0.15, -0.1) is 0 Å². The molecule has 0 fully saturated rings. The summed E-state index contributed by atoms with van der Waals surface area (Å²) in [5.41, 5.74) is 0.736. The van der Waals surface area contributed by atoms with Crippen molar-refractivity contribution in [2.45, 2.75) is 0 Å². The van der Waals surface area contributed by atoms with E-state index in [1.165, 1.54) is 30.6 Å². The van der Waals surface area contributed by atoms with Gasteiger partial charge in [-0.25, -0.2) is 4.79 Å². The molecule has 0 unspecified atom stereocenters. The van der Waals surface area contributed by atoms with E-state index in [2.05, 4.69) is 10.3 Å². The summed E-state index contributed by atoms with van der Waals surface area (Å²) in [6.45, 7) is 0. The van der Waals surface area contributed by atoms with Crippen molar-refractivity contribution in [1.82, 2.24) is 4.98 Å². The molecule has 0 aliphatic heterocycles. The van der Waals surface area contributed by atoms with Crippen LogP contribution < -0.4 is 5.32 Å². The van der Waals surface area contributed by atoms with Crippen molar-refractivity contribution < 1.29 is 14.7 Å². The first-order valence-corrected chi connectivity index (χ1v) is 5.70. The van der Waals surface area contributed by atoms with Crippen LogP contribution in [0.4, 0.5) is 5.69 Å². The second kappa shape index (κ2) is 5.49. The van der Waals surface area contributed by atoms with E-state index in [4.69, 9.17) is 16.7 Å². The first-order valence-electron chi connectivity index (χ1n) is 5.32. The van der Waals surface area contributed by atoms with E-state index in [1.54, 1.807) is 12.1 Å². The van der Waals surface area contributed by atoms with Gasteiger partial charge in [0.05, 0.1) is 10.6 Å². The molecule has 5 nitrogen and oxygen atoms in total. The van der Waals surface area contributed by atoms with Crippen molar-refractivity contribution in [2.24, 2.45) is 0 Å². The van der Waals surface area contributed by atoms with E-state index >= 15 is 0 Å². The minimum atomic E-state index is -1.15. The van der Waals surface area contributed by atoms with E-state index in [1.807, 2.05) is 0 Å². The highest BCUT2D eigenvalue weighted by Gasteiger charge is 2.11. The number of carbonyl (C=O) groups excluding carboxylic acids is 1. The molecule has 1 aromatic heterocycles. The Morgan fingerprint density at radius 2 is 1.84 bits per heavy atom. The van der Waals surface area contributed by atoms with Crippen LogP contribution in [0.25, 0.3) is 0 Å². The Morgan fingerprint density at radius 3 is 2.47 bits per heavy atom. The predicted octanol–water partition coefficient (Wildman–Crippen LogP) is 2.69. The topological polar surface area (TPSA) is 79.3 Å².